The molecule has 0 spiro atoms. The standard InChI is InChI=1S/C17H15ClN4O5/c18-11-2-1-9(5-19-11)6-20-16(25)10-7-21-8-12-22(3-4-27-12)17(26)13(21)15(24)14(10)23/h1-2,5,7,12,24H,3-4,6,8H2,(H,20,25). The topological polar surface area (TPSA) is 114 Å². The number of aromatic nitrogens is 2. The summed E-state index contributed by atoms with van der Waals surface area (Å²) in [5.74, 6) is -1.88. The number of ether oxygens (including phenoxy) is 1. The number of rotatable bonds is 3. The van der Waals surface area contributed by atoms with Crippen molar-refractivity contribution in [2.75, 3.05) is 13.2 Å². The Morgan fingerprint density at radius 1 is 1.41 bits per heavy atom. The fourth-order valence-corrected chi connectivity index (χ4v) is 3.29. The molecule has 0 aromatic carbocycles. The van der Waals surface area contributed by atoms with Gasteiger partial charge in [0.05, 0.1) is 13.2 Å². The van der Waals surface area contributed by atoms with Crippen LogP contribution in [0, 0.1) is 0 Å². The minimum Gasteiger partial charge on any atom is -0.503 e. The lowest BCUT2D eigenvalue weighted by molar-refractivity contribution is 0.00845. The van der Waals surface area contributed by atoms with E-state index < -0.39 is 29.2 Å². The van der Waals surface area contributed by atoms with E-state index in [-0.39, 0.29) is 24.3 Å². The van der Waals surface area contributed by atoms with Gasteiger partial charge >= 0.3 is 0 Å². The van der Waals surface area contributed by atoms with Crippen molar-refractivity contribution in [1.82, 2.24) is 19.8 Å². The van der Waals surface area contributed by atoms with Gasteiger partial charge in [-0.1, -0.05) is 17.7 Å². The molecule has 2 aromatic heterocycles. The fraction of sp³-hybridized carbons (Fsp3) is 0.294. The van der Waals surface area contributed by atoms with Crippen molar-refractivity contribution in [3.05, 3.63) is 56.7 Å². The Labute approximate surface area is 158 Å². The summed E-state index contributed by atoms with van der Waals surface area (Å²) in [5, 5.41) is 13.2. The van der Waals surface area contributed by atoms with Gasteiger partial charge in [0.1, 0.15) is 10.7 Å². The molecule has 2 aliphatic rings. The summed E-state index contributed by atoms with van der Waals surface area (Å²) in [6.07, 6.45) is 2.32. The zero-order valence-corrected chi connectivity index (χ0v) is 14.8. The van der Waals surface area contributed by atoms with E-state index in [1.165, 1.54) is 21.9 Å². The molecule has 27 heavy (non-hydrogen) atoms. The van der Waals surface area contributed by atoms with Gasteiger partial charge in [-0.05, 0) is 11.6 Å². The second-order valence-electron chi connectivity index (χ2n) is 6.22. The van der Waals surface area contributed by atoms with Crippen LogP contribution in [-0.4, -0.2) is 50.8 Å². The maximum absolute atomic E-state index is 12.5. The summed E-state index contributed by atoms with van der Waals surface area (Å²) in [7, 11) is 0. The summed E-state index contributed by atoms with van der Waals surface area (Å²) >= 11 is 5.71. The van der Waals surface area contributed by atoms with E-state index in [0.29, 0.717) is 23.9 Å². The van der Waals surface area contributed by atoms with Crippen molar-refractivity contribution in [2.24, 2.45) is 0 Å². The highest BCUT2D eigenvalue weighted by molar-refractivity contribution is 6.29. The summed E-state index contributed by atoms with van der Waals surface area (Å²) in [5.41, 5.74) is -0.572. The predicted octanol–water partition coefficient (Wildman–Crippen LogP) is 0.344. The summed E-state index contributed by atoms with van der Waals surface area (Å²) in [4.78, 5) is 42.7. The molecule has 0 bridgehead atoms. The maximum Gasteiger partial charge on any atom is 0.276 e. The van der Waals surface area contributed by atoms with Gasteiger partial charge in [-0.25, -0.2) is 4.98 Å². The minimum atomic E-state index is -0.889. The summed E-state index contributed by atoms with van der Waals surface area (Å²) in [6, 6.07) is 3.28. The average molecular weight is 391 g/mol. The second kappa shape index (κ2) is 6.67. The molecule has 9 nitrogen and oxygen atoms in total. The van der Waals surface area contributed by atoms with Crippen LogP contribution in [0.1, 0.15) is 26.4 Å². The highest BCUT2D eigenvalue weighted by atomic mass is 35.5. The Kier molecular flexibility index (Phi) is 4.33. The largest absolute Gasteiger partial charge is 0.503 e. The Hall–Kier alpha value is -2.91. The average Bonchev–Trinajstić information content (AvgIpc) is 3.12. The summed E-state index contributed by atoms with van der Waals surface area (Å²) < 4.78 is 6.87. The van der Waals surface area contributed by atoms with Crippen LogP contribution in [0.15, 0.2) is 29.3 Å². The van der Waals surface area contributed by atoms with Crippen molar-refractivity contribution in [2.45, 2.75) is 19.3 Å². The molecule has 1 unspecified atom stereocenters. The van der Waals surface area contributed by atoms with Crippen molar-refractivity contribution >= 4 is 23.4 Å². The molecule has 0 aliphatic carbocycles. The van der Waals surface area contributed by atoms with E-state index in [2.05, 4.69) is 10.3 Å². The molecule has 2 aromatic rings. The number of nitrogens with one attached hydrogen (secondary N) is 1. The van der Waals surface area contributed by atoms with Gasteiger partial charge < -0.3 is 24.6 Å². The van der Waals surface area contributed by atoms with E-state index in [1.54, 1.807) is 12.1 Å². The van der Waals surface area contributed by atoms with Crippen LogP contribution in [0.25, 0.3) is 0 Å². The Balaban J connectivity index is 1.61. The normalized spacial score (nSPS) is 18.2. The molecule has 4 rings (SSSR count). The third kappa shape index (κ3) is 3.04. The molecule has 2 N–H and O–H groups in total. The molecular formula is C17H15ClN4O5. The van der Waals surface area contributed by atoms with Crippen LogP contribution in [0.2, 0.25) is 5.15 Å². The number of fused-ring (bicyclic) bond motifs is 2. The molecule has 1 fully saturated rings. The Bertz CT molecular complexity index is 988. The maximum atomic E-state index is 12.5. The van der Waals surface area contributed by atoms with Crippen molar-refractivity contribution < 1.29 is 19.4 Å². The van der Waals surface area contributed by atoms with Crippen LogP contribution >= 0.6 is 11.6 Å². The molecule has 4 heterocycles. The molecule has 0 radical (unpaired) electrons. The van der Waals surface area contributed by atoms with Crippen LogP contribution in [0.4, 0.5) is 0 Å². The van der Waals surface area contributed by atoms with Gasteiger partial charge in [-0.15, -0.1) is 0 Å². The molecule has 1 saturated heterocycles. The lowest BCUT2D eigenvalue weighted by atomic mass is 10.1. The van der Waals surface area contributed by atoms with Crippen LogP contribution in [-0.2, 0) is 17.8 Å². The third-order valence-corrected chi connectivity index (χ3v) is 4.77. The van der Waals surface area contributed by atoms with E-state index >= 15 is 0 Å². The SMILES string of the molecule is O=C(NCc1ccc(Cl)nc1)c1cn2c(c(O)c1=O)C(=O)N1CCOC1C2. The lowest BCUT2D eigenvalue weighted by Crippen LogP contribution is -2.46. The number of carbonyl (C=O) groups is 2. The number of carbonyl (C=O) groups excluding carboxylic acids is 2. The fourth-order valence-electron chi connectivity index (χ4n) is 3.18. The quantitative estimate of drug-likeness (QED) is 0.731. The molecule has 140 valence electrons. The first-order valence-corrected chi connectivity index (χ1v) is 8.61. The monoisotopic (exact) mass is 390 g/mol. The van der Waals surface area contributed by atoms with Crippen LogP contribution in [0.5, 0.6) is 5.75 Å². The van der Waals surface area contributed by atoms with Crippen LogP contribution in [0.3, 0.4) is 0 Å². The first kappa shape index (κ1) is 17.5. The number of hydrogen-bond donors (Lipinski definition) is 2. The Morgan fingerprint density at radius 3 is 2.96 bits per heavy atom. The van der Waals surface area contributed by atoms with Gasteiger partial charge in [0.25, 0.3) is 11.8 Å². The molecule has 2 aliphatic heterocycles. The van der Waals surface area contributed by atoms with E-state index in [9.17, 15) is 19.5 Å². The highest BCUT2D eigenvalue weighted by Crippen LogP contribution is 2.26. The predicted molar refractivity (Wildman–Crippen MR) is 93.6 cm³/mol. The van der Waals surface area contributed by atoms with Gasteiger partial charge in [0, 0.05) is 25.5 Å². The third-order valence-electron chi connectivity index (χ3n) is 4.55. The van der Waals surface area contributed by atoms with E-state index in [1.807, 2.05) is 0 Å². The zero-order valence-electron chi connectivity index (χ0n) is 14.0. The van der Waals surface area contributed by atoms with Gasteiger partial charge in [-0.2, -0.15) is 0 Å². The number of halogens is 1. The van der Waals surface area contributed by atoms with Crippen LogP contribution < -0.4 is 10.7 Å². The number of aromatic hydroxyl groups is 1. The smallest absolute Gasteiger partial charge is 0.276 e. The Morgan fingerprint density at radius 2 is 2.22 bits per heavy atom. The van der Waals surface area contributed by atoms with Gasteiger partial charge in [0.15, 0.2) is 17.7 Å². The van der Waals surface area contributed by atoms with Crippen molar-refractivity contribution in [3.8, 4) is 5.75 Å². The molecule has 0 saturated carbocycles. The minimum absolute atomic E-state index is 0.125. The number of hydrogen-bond acceptors (Lipinski definition) is 6. The van der Waals surface area contributed by atoms with Crippen molar-refractivity contribution in [1.29, 1.82) is 0 Å². The first-order chi connectivity index (χ1) is 13.0. The number of pyridine rings is 2. The molecular weight excluding hydrogens is 376 g/mol. The molecule has 2 amide bonds. The highest BCUT2D eigenvalue weighted by Gasteiger charge is 2.39. The van der Waals surface area contributed by atoms with E-state index in [0.717, 1.165) is 0 Å². The van der Waals surface area contributed by atoms with Crippen molar-refractivity contribution in [3.63, 3.8) is 0 Å². The molecule has 10 heteroatoms. The van der Waals surface area contributed by atoms with E-state index in [4.69, 9.17) is 16.3 Å². The molecule has 1 atom stereocenters. The van der Waals surface area contributed by atoms with Gasteiger partial charge in [-0.3, -0.25) is 14.4 Å². The number of amides is 2. The zero-order chi connectivity index (χ0) is 19.1. The van der Waals surface area contributed by atoms with Gasteiger partial charge in [0.2, 0.25) is 5.43 Å². The first-order valence-electron chi connectivity index (χ1n) is 8.23. The second-order valence-corrected chi connectivity index (χ2v) is 6.60. The summed E-state index contributed by atoms with van der Waals surface area (Å²) in [6.45, 7) is 1.15. The number of nitrogens with zero attached hydrogens (tertiary/aromatic N) is 3. The lowest BCUT2D eigenvalue weighted by Gasteiger charge is -2.31.